The summed E-state index contributed by atoms with van der Waals surface area (Å²) in [5.74, 6) is 0.618. The van der Waals surface area contributed by atoms with Crippen molar-refractivity contribution < 1.29 is 9.15 Å². The highest BCUT2D eigenvalue weighted by molar-refractivity contribution is 6.36. The zero-order chi connectivity index (χ0) is 20.5. The van der Waals surface area contributed by atoms with E-state index >= 15 is 0 Å². The third kappa shape index (κ3) is 3.99. The molecule has 0 aliphatic rings. The van der Waals surface area contributed by atoms with E-state index in [0.29, 0.717) is 37.5 Å². The van der Waals surface area contributed by atoms with Gasteiger partial charge in [0.05, 0.1) is 5.56 Å². The van der Waals surface area contributed by atoms with Crippen LogP contribution < -0.4 is 10.4 Å². The molecule has 4 aromatic rings. The lowest BCUT2D eigenvalue weighted by atomic mass is 9.99. The van der Waals surface area contributed by atoms with Gasteiger partial charge in [-0.25, -0.2) is 4.79 Å². The molecule has 0 aliphatic carbocycles. The predicted octanol–water partition coefficient (Wildman–Crippen LogP) is 7.31. The summed E-state index contributed by atoms with van der Waals surface area (Å²) in [5.41, 5.74) is 2.87. The third-order valence-electron chi connectivity index (χ3n) is 4.71. The minimum Gasteiger partial charge on any atom is -0.489 e. The van der Waals surface area contributed by atoms with Gasteiger partial charge in [-0.2, -0.15) is 0 Å². The van der Waals surface area contributed by atoms with E-state index in [1.165, 1.54) is 0 Å². The molecule has 3 nitrogen and oxygen atoms in total. The first-order valence-electron chi connectivity index (χ1n) is 8.83. The van der Waals surface area contributed by atoms with Crippen LogP contribution in [0.2, 0.25) is 15.1 Å². The average molecular weight is 446 g/mol. The molecule has 0 aliphatic heterocycles. The number of hydrogen-bond donors (Lipinski definition) is 0. The quantitative estimate of drug-likeness (QED) is 0.309. The van der Waals surface area contributed by atoms with Gasteiger partial charge in [-0.05, 0) is 60.5 Å². The van der Waals surface area contributed by atoms with Crippen LogP contribution in [-0.4, -0.2) is 0 Å². The Bertz CT molecular complexity index is 1240. The standard InChI is InChI=1S/C23H15Cl3O3/c1-13-17-11-16(28-12-18-19(25)3-2-4-20(18)26)9-10-21(17)29-23(27)22(13)14-5-7-15(24)8-6-14/h2-11H,12H2,1H3. The van der Waals surface area contributed by atoms with Gasteiger partial charge in [-0.3, -0.25) is 0 Å². The Kier molecular flexibility index (Phi) is 5.55. The summed E-state index contributed by atoms with van der Waals surface area (Å²) in [5, 5.41) is 2.48. The number of fused-ring (bicyclic) bond motifs is 1. The number of ether oxygens (including phenoxy) is 1. The molecule has 0 fully saturated rings. The molecule has 3 aromatic carbocycles. The number of halogens is 3. The molecule has 0 amide bonds. The smallest absolute Gasteiger partial charge is 0.344 e. The lowest BCUT2D eigenvalue weighted by molar-refractivity contribution is 0.306. The van der Waals surface area contributed by atoms with Gasteiger partial charge in [0.15, 0.2) is 0 Å². The zero-order valence-corrected chi connectivity index (χ0v) is 17.6. The highest BCUT2D eigenvalue weighted by Crippen LogP contribution is 2.31. The van der Waals surface area contributed by atoms with Crippen molar-refractivity contribution in [2.75, 3.05) is 0 Å². The summed E-state index contributed by atoms with van der Waals surface area (Å²) in [6, 6.07) is 17.7. The average Bonchev–Trinajstić information content (AvgIpc) is 2.69. The molecule has 0 saturated carbocycles. The Balaban J connectivity index is 1.73. The molecular weight excluding hydrogens is 431 g/mol. The van der Waals surface area contributed by atoms with Gasteiger partial charge in [-0.15, -0.1) is 0 Å². The predicted molar refractivity (Wildman–Crippen MR) is 118 cm³/mol. The molecule has 0 atom stereocenters. The summed E-state index contributed by atoms with van der Waals surface area (Å²) in [6.07, 6.45) is 0. The number of benzene rings is 3. The van der Waals surface area contributed by atoms with Crippen LogP contribution in [0.3, 0.4) is 0 Å². The summed E-state index contributed by atoms with van der Waals surface area (Å²) in [6.45, 7) is 2.11. The molecule has 29 heavy (non-hydrogen) atoms. The minimum absolute atomic E-state index is 0.226. The summed E-state index contributed by atoms with van der Waals surface area (Å²) in [4.78, 5) is 12.5. The van der Waals surface area contributed by atoms with Gasteiger partial charge in [0, 0.05) is 26.0 Å². The molecule has 0 N–H and O–H groups in total. The maximum Gasteiger partial charge on any atom is 0.344 e. The second-order valence-corrected chi connectivity index (χ2v) is 7.79. The SMILES string of the molecule is Cc1c(-c2ccc(Cl)cc2)c(=O)oc2ccc(OCc3c(Cl)cccc3Cl)cc12. The lowest BCUT2D eigenvalue weighted by Crippen LogP contribution is -2.06. The minimum atomic E-state index is -0.395. The summed E-state index contributed by atoms with van der Waals surface area (Å²) < 4.78 is 11.4. The van der Waals surface area contributed by atoms with Crippen molar-refractivity contribution in [3.63, 3.8) is 0 Å². The van der Waals surface area contributed by atoms with Crippen LogP contribution in [0, 0.1) is 6.92 Å². The van der Waals surface area contributed by atoms with Crippen molar-refractivity contribution in [1.82, 2.24) is 0 Å². The van der Waals surface area contributed by atoms with Crippen LogP contribution in [0.25, 0.3) is 22.1 Å². The fraction of sp³-hybridized carbons (Fsp3) is 0.0870. The van der Waals surface area contributed by atoms with Crippen molar-refractivity contribution in [3.8, 4) is 16.9 Å². The zero-order valence-electron chi connectivity index (χ0n) is 15.3. The van der Waals surface area contributed by atoms with Gasteiger partial charge < -0.3 is 9.15 Å². The van der Waals surface area contributed by atoms with Crippen LogP contribution in [-0.2, 0) is 6.61 Å². The van der Waals surface area contributed by atoms with Crippen LogP contribution >= 0.6 is 34.8 Å². The first kappa shape index (κ1) is 19.8. The molecule has 146 valence electrons. The molecule has 1 heterocycles. The van der Waals surface area contributed by atoms with Crippen LogP contribution in [0.4, 0.5) is 0 Å². The van der Waals surface area contributed by atoms with Gasteiger partial charge in [0.25, 0.3) is 0 Å². The molecule has 0 radical (unpaired) electrons. The van der Waals surface area contributed by atoms with Gasteiger partial charge in [0.2, 0.25) is 0 Å². The first-order valence-corrected chi connectivity index (χ1v) is 9.96. The fourth-order valence-electron chi connectivity index (χ4n) is 3.20. The monoisotopic (exact) mass is 444 g/mol. The Morgan fingerprint density at radius 2 is 1.62 bits per heavy atom. The molecule has 4 rings (SSSR count). The second kappa shape index (κ2) is 8.11. The Morgan fingerprint density at radius 1 is 0.931 bits per heavy atom. The third-order valence-corrected chi connectivity index (χ3v) is 5.67. The van der Waals surface area contributed by atoms with Crippen molar-refractivity contribution in [2.24, 2.45) is 0 Å². The fourth-order valence-corrected chi connectivity index (χ4v) is 3.83. The molecule has 0 spiro atoms. The normalized spacial score (nSPS) is 11.0. The number of aryl methyl sites for hydroxylation is 1. The highest BCUT2D eigenvalue weighted by Gasteiger charge is 2.14. The molecule has 0 unspecified atom stereocenters. The topological polar surface area (TPSA) is 39.4 Å². The van der Waals surface area contributed by atoms with E-state index in [0.717, 1.165) is 16.5 Å². The molecule has 6 heteroatoms. The van der Waals surface area contributed by atoms with Crippen molar-refractivity contribution in [1.29, 1.82) is 0 Å². The summed E-state index contributed by atoms with van der Waals surface area (Å²) in [7, 11) is 0. The van der Waals surface area contributed by atoms with Crippen molar-refractivity contribution in [3.05, 3.63) is 97.3 Å². The van der Waals surface area contributed by atoms with Crippen LogP contribution in [0.1, 0.15) is 11.1 Å². The van der Waals surface area contributed by atoms with E-state index in [9.17, 15) is 4.79 Å². The first-order chi connectivity index (χ1) is 13.9. The Labute approximate surface area is 182 Å². The van der Waals surface area contributed by atoms with E-state index < -0.39 is 5.63 Å². The molecular formula is C23H15Cl3O3. The van der Waals surface area contributed by atoms with E-state index in [4.69, 9.17) is 44.0 Å². The largest absolute Gasteiger partial charge is 0.489 e. The van der Waals surface area contributed by atoms with E-state index in [2.05, 4.69) is 0 Å². The van der Waals surface area contributed by atoms with Crippen molar-refractivity contribution >= 4 is 45.8 Å². The molecule has 0 bridgehead atoms. The lowest BCUT2D eigenvalue weighted by Gasteiger charge is -2.12. The van der Waals surface area contributed by atoms with Crippen LogP contribution in [0.15, 0.2) is 69.9 Å². The van der Waals surface area contributed by atoms with Gasteiger partial charge in [0.1, 0.15) is 17.9 Å². The molecule has 1 aromatic heterocycles. The maximum atomic E-state index is 12.5. The second-order valence-electron chi connectivity index (χ2n) is 6.54. The Morgan fingerprint density at radius 3 is 2.31 bits per heavy atom. The van der Waals surface area contributed by atoms with E-state index in [-0.39, 0.29) is 6.61 Å². The Hall–Kier alpha value is -2.46. The van der Waals surface area contributed by atoms with E-state index in [1.54, 1.807) is 54.6 Å². The van der Waals surface area contributed by atoms with Gasteiger partial charge >= 0.3 is 5.63 Å². The number of rotatable bonds is 4. The highest BCUT2D eigenvalue weighted by atomic mass is 35.5. The maximum absolute atomic E-state index is 12.5. The number of hydrogen-bond acceptors (Lipinski definition) is 3. The van der Waals surface area contributed by atoms with Crippen LogP contribution in [0.5, 0.6) is 5.75 Å². The van der Waals surface area contributed by atoms with Crippen molar-refractivity contribution in [2.45, 2.75) is 13.5 Å². The van der Waals surface area contributed by atoms with Gasteiger partial charge in [-0.1, -0.05) is 53.0 Å². The molecule has 0 saturated heterocycles. The summed E-state index contributed by atoms with van der Waals surface area (Å²) >= 11 is 18.4. The van der Waals surface area contributed by atoms with E-state index in [1.807, 2.05) is 13.0 Å².